The molecule has 0 radical (unpaired) electrons. The van der Waals surface area contributed by atoms with Gasteiger partial charge < -0.3 is 9.73 Å². The molecule has 0 spiro atoms. The zero-order valence-electron chi connectivity index (χ0n) is 15.6. The van der Waals surface area contributed by atoms with Crippen LogP contribution in [0.4, 0.5) is 10.1 Å². The monoisotopic (exact) mass is 378 g/mol. The Morgan fingerprint density at radius 3 is 2.68 bits per heavy atom. The van der Waals surface area contributed by atoms with Crippen LogP contribution in [-0.4, -0.2) is 30.6 Å². The van der Waals surface area contributed by atoms with Crippen molar-refractivity contribution in [3.05, 3.63) is 82.5 Å². The number of piperidine rings is 1. The highest BCUT2D eigenvalue weighted by atomic mass is 19.1. The van der Waals surface area contributed by atoms with Crippen LogP contribution in [0, 0.1) is 5.82 Å². The highest BCUT2D eigenvalue weighted by Gasteiger charge is 2.19. The normalized spacial score (nSPS) is 16.0. The SMILES string of the molecule is O=c1cc(NC2CCN(CC=Cc3ccccc3F)CC2)c2ccccc2o1. The van der Waals surface area contributed by atoms with E-state index in [1.165, 1.54) is 12.1 Å². The highest BCUT2D eigenvalue weighted by Crippen LogP contribution is 2.24. The Bertz CT molecular complexity index is 1040. The summed E-state index contributed by atoms with van der Waals surface area (Å²) in [6.07, 6.45) is 5.83. The zero-order valence-corrected chi connectivity index (χ0v) is 15.6. The molecule has 2 aromatic carbocycles. The predicted octanol–water partition coefficient (Wildman–Crippen LogP) is 4.52. The van der Waals surface area contributed by atoms with Crippen molar-refractivity contribution in [1.82, 2.24) is 4.90 Å². The van der Waals surface area contributed by atoms with Crippen molar-refractivity contribution in [2.24, 2.45) is 0 Å². The topological polar surface area (TPSA) is 45.5 Å². The Balaban J connectivity index is 1.34. The minimum Gasteiger partial charge on any atom is -0.423 e. The largest absolute Gasteiger partial charge is 0.423 e. The standard InChI is InChI=1S/C23H23FN2O2/c24-20-9-3-1-6-17(20)7-5-13-26-14-11-18(12-15-26)25-21-16-23(27)28-22-10-4-2-8-19(21)22/h1-10,16,18,25H,11-15H2. The van der Waals surface area contributed by atoms with Gasteiger partial charge in [0.2, 0.25) is 0 Å². The summed E-state index contributed by atoms with van der Waals surface area (Å²) in [5.74, 6) is -0.193. The van der Waals surface area contributed by atoms with Crippen LogP contribution in [0.2, 0.25) is 0 Å². The Morgan fingerprint density at radius 1 is 1.11 bits per heavy atom. The summed E-state index contributed by atoms with van der Waals surface area (Å²) in [5.41, 5.74) is 1.73. The second-order valence-corrected chi connectivity index (χ2v) is 7.12. The maximum absolute atomic E-state index is 13.7. The number of nitrogens with zero attached hydrogens (tertiary/aromatic N) is 1. The molecule has 0 atom stereocenters. The molecule has 0 unspecified atom stereocenters. The lowest BCUT2D eigenvalue weighted by Crippen LogP contribution is -2.39. The van der Waals surface area contributed by atoms with Gasteiger partial charge in [-0.05, 0) is 31.0 Å². The first-order valence-corrected chi connectivity index (χ1v) is 9.62. The summed E-state index contributed by atoms with van der Waals surface area (Å²) in [5, 5.41) is 4.45. The van der Waals surface area contributed by atoms with Gasteiger partial charge in [-0.15, -0.1) is 0 Å². The molecule has 2 heterocycles. The van der Waals surface area contributed by atoms with Crippen LogP contribution in [0.25, 0.3) is 17.0 Å². The molecule has 4 rings (SSSR count). The molecule has 5 heteroatoms. The van der Waals surface area contributed by atoms with E-state index < -0.39 is 0 Å². The maximum atomic E-state index is 13.7. The summed E-state index contributed by atoms with van der Waals surface area (Å²) in [6.45, 7) is 2.72. The molecule has 1 aliphatic rings. The van der Waals surface area contributed by atoms with Crippen molar-refractivity contribution in [1.29, 1.82) is 0 Å². The number of benzene rings is 2. The molecule has 0 aliphatic carbocycles. The smallest absolute Gasteiger partial charge is 0.338 e. The first-order chi connectivity index (χ1) is 13.7. The molecule has 1 aromatic heterocycles. The van der Waals surface area contributed by atoms with Gasteiger partial charge in [-0.1, -0.05) is 42.5 Å². The molecule has 3 aromatic rings. The lowest BCUT2D eigenvalue weighted by molar-refractivity contribution is 0.240. The van der Waals surface area contributed by atoms with E-state index in [1.807, 2.05) is 42.5 Å². The second kappa shape index (κ2) is 8.40. The number of para-hydroxylation sites is 1. The molecule has 1 N–H and O–H groups in total. The van der Waals surface area contributed by atoms with E-state index in [0.717, 1.165) is 43.5 Å². The summed E-state index contributed by atoms with van der Waals surface area (Å²) < 4.78 is 18.9. The molecule has 28 heavy (non-hydrogen) atoms. The van der Waals surface area contributed by atoms with E-state index in [2.05, 4.69) is 10.2 Å². The van der Waals surface area contributed by atoms with Crippen molar-refractivity contribution < 1.29 is 8.81 Å². The summed E-state index contributed by atoms with van der Waals surface area (Å²) in [7, 11) is 0. The van der Waals surface area contributed by atoms with Gasteiger partial charge >= 0.3 is 5.63 Å². The molecule has 0 amide bonds. The van der Waals surface area contributed by atoms with E-state index in [9.17, 15) is 9.18 Å². The zero-order chi connectivity index (χ0) is 19.3. The van der Waals surface area contributed by atoms with Crippen LogP contribution in [0.3, 0.4) is 0 Å². The molecule has 0 bridgehead atoms. The lowest BCUT2D eigenvalue weighted by Gasteiger charge is -2.32. The molecule has 1 aliphatic heterocycles. The Morgan fingerprint density at radius 2 is 1.86 bits per heavy atom. The van der Waals surface area contributed by atoms with Crippen LogP contribution in [-0.2, 0) is 0 Å². The fourth-order valence-electron chi connectivity index (χ4n) is 3.65. The van der Waals surface area contributed by atoms with Crippen molar-refractivity contribution in [2.45, 2.75) is 18.9 Å². The van der Waals surface area contributed by atoms with Gasteiger partial charge in [-0.3, -0.25) is 4.90 Å². The van der Waals surface area contributed by atoms with Gasteiger partial charge in [0.25, 0.3) is 0 Å². The minimum atomic E-state index is -0.336. The van der Waals surface area contributed by atoms with Gasteiger partial charge in [0, 0.05) is 42.7 Å². The Labute approximate surface area is 163 Å². The van der Waals surface area contributed by atoms with Gasteiger partial charge in [0.1, 0.15) is 11.4 Å². The van der Waals surface area contributed by atoms with E-state index in [-0.39, 0.29) is 11.4 Å². The van der Waals surface area contributed by atoms with Crippen LogP contribution in [0.5, 0.6) is 0 Å². The fraction of sp³-hybridized carbons (Fsp3) is 0.261. The quantitative estimate of drug-likeness (QED) is 0.663. The number of likely N-dealkylation sites (tertiary alicyclic amines) is 1. The van der Waals surface area contributed by atoms with Gasteiger partial charge in [0.05, 0.1) is 5.69 Å². The average Bonchev–Trinajstić information content (AvgIpc) is 2.71. The number of anilines is 1. The third-order valence-electron chi connectivity index (χ3n) is 5.16. The van der Waals surface area contributed by atoms with Crippen molar-refractivity contribution in [2.75, 3.05) is 25.0 Å². The number of hydrogen-bond donors (Lipinski definition) is 1. The number of nitrogens with one attached hydrogen (secondary N) is 1. The number of rotatable bonds is 5. The number of halogens is 1. The minimum absolute atomic E-state index is 0.193. The van der Waals surface area contributed by atoms with Gasteiger partial charge in [0.15, 0.2) is 0 Å². The molecule has 1 fully saturated rings. The van der Waals surface area contributed by atoms with E-state index >= 15 is 0 Å². The number of hydrogen-bond acceptors (Lipinski definition) is 4. The Hall–Kier alpha value is -2.92. The van der Waals surface area contributed by atoms with Crippen molar-refractivity contribution in [3.8, 4) is 0 Å². The van der Waals surface area contributed by atoms with E-state index in [0.29, 0.717) is 17.2 Å². The lowest BCUT2D eigenvalue weighted by atomic mass is 10.0. The van der Waals surface area contributed by atoms with Crippen molar-refractivity contribution in [3.63, 3.8) is 0 Å². The first-order valence-electron chi connectivity index (χ1n) is 9.62. The molecule has 4 nitrogen and oxygen atoms in total. The fourth-order valence-corrected chi connectivity index (χ4v) is 3.65. The molecule has 144 valence electrons. The number of fused-ring (bicyclic) bond motifs is 1. The van der Waals surface area contributed by atoms with Gasteiger partial charge in [-0.2, -0.15) is 0 Å². The van der Waals surface area contributed by atoms with Crippen LogP contribution >= 0.6 is 0 Å². The third kappa shape index (κ3) is 4.31. The highest BCUT2D eigenvalue weighted by molar-refractivity contribution is 5.89. The van der Waals surface area contributed by atoms with Crippen molar-refractivity contribution >= 4 is 22.7 Å². The summed E-state index contributed by atoms with van der Waals surface area (Å²) >= 11 is 0. The van der Waals surface area contributed by atoms with Crippen LogP contribution < -0.4 is 10.9 Å². The molecular weight excluding hydrogens is 355 g/mol. The summed E-state index contributed by atoms with van der Waals surface area (Å²) in [4.78, 5) is 14.2. The van der Waals surface area contributed by atoms with Crippen LogP contribution in [0.15, 0.2) is 69.9 Å². The Kier molecular flexibility index (Phi) is 5.53. The summed E-state index contributed by atoms with van der Waals surface area (Å²) in [6, 6.07) is 16.2. The average molecular weight is 378 g/mol. The third-order valence-corrected chi connectivity index (χ3v) is 5.16. The van der Waals surface area contributed by atoms with Crippen LogP contribution in [0.1, 0.15) is 18.4 Å². The molecule has 1 saturated heterocycles. The maximum Gasteiger partial charge on any atom is 0.338 e. The molecular formula is C23H23FN2O2. The second-order valence-electron chi connectivity index (χ2n) is 7.12. The van der Waals surface area contributed by atoms with Gasteiger partial charge in [-0.25, -0.2) is 9.18 Å². The predicted molar refractivity (Wildman–Crippen MR) is 111 cm³/mol. The molecule has 0 saturated carbocycles. The first kappa shape index (κ1) is 18.4. The van der Waals surface area contributed by atoms with E-state index in [4.69, 9.17) is 4.42 Å². The van der Waals surface area contributed by atoms with E-state index in [1.54, 1.807) is 12.1 Å².